The summed E-state index contributed by atoms with van der Waals surface area (Å²) in [6, 6.07) is 6.76. The minimum Gasteiger partial charge on any atom is -0.334 e. The lowest BCUT2D eigenvalue weighted by Crippen LogP contribution is -2.47. The van der Waals surface area contributed by atoms with Crippen LogP contribution in [-0.2, 0) is 10.0 Å². The molecule has 0 bridgehead atoms. The normalized spacial score (nSPS) is 16.0. The second-order valence-electron chi connectivity index (χ2n) is 5.70. The number of nitrogens with one attached hydrogen (secondary N) is 1. The molecule has 0 unspecified atom stereocenters. The van der Waals surface area contributed by atoms with Crippen molar-refractivity contribution >= 4 is 32.4 Å². The molecule has 1 aliphatic rings. The maximum absolute atomic E-state index is 12.8. The molecule has 0 radical (unpaired) electrons. The third kappa shape index (κ3) is 3.66. The summed E-state index contributed by atoms with van der Waals surface area (Å²) in [5, 5.41) is 9.22. The number of carbonyl (C=O) groups excluding carboxylic acids is 1. The number of nitrogens with zero attached hydrogens (tertiary/aromatic N) is 3. The van der Waals surface area contributed by atoms with Gasteiger partial charge in [0.2, 0.25) is 10.0 Å². The second kappa shape index (κ2) is 7.08. The van der Waals surface area contributed by atoms with Gasteiger partial charge in [-0.25, -0.2) is 18.9 Å². The molecule has 0 saturated carbocycles. The number of sulfonamides is 1. The van der Waals surface area contributed by atoms with Crippen LogP contribution in [0, 0.1) is 6.92 Å². The Balaban J connectivity index is 1.80. The predicted octanol–water partition coefficient (Wildman–Crippen LogP) is 1.43. The van der Waals surface area contributed by atoms with Crippen molar-refractivity contribution in [3.8, 4) is 0 Å². The minimum atomic E-state index is -3.58. The lowest BCUT2D eigenvalue weighted by Gasteiger charge is -2.34. The van der Waals surface area contributed by atoms with Gasteiger partial charge in [-0.15, -0.1) is 0 Å². The fourth-order valence-corrected chi connectivity index (χ4v) is 4.82. The van der Waals surface area contributed by atoms with Gasteiger partial charge in [-0.3, -0.25) is 10.0 Å². The van der Waals surface area contributed by atoms with E-state index >= 15 is 0 Å². The topological polar surface area (TPSA) is 103 Å². The Morgan fingerprint density at radius 1 is 1.28 bits per heavy atom. The number of carbonyl (C=O) groups is 1. The van der Waals surface area contributed by atoms with Crippen LogP contribution in [0.3, 0.4) is 0 Å². The van der Waals surface area contributed by atoms with Crippen LogP contribution in [0.25, 0.3) is 0 Å². The summed E-state index contributed by atoms with van der Waals surface area (Å²) < 4.78 is 27.1. The molecule has 8 nitrogen and oxygen atoms in total. The van der Waals surface area contributed by atoms with Crippen molar-refractivity contribution in [3.05, 3.63) is 40.9 Å². The van der Waals surface area contributed by atoms with Gasteiger partial charge in [0.15, 0.2) is 5.13 Å². The summed E-state index contributed by atoms with van der Waals surface area (Å²) >= 11 is 1.10. The molecule has 2 N–H and O–H groups in total. The molecule has 0 atom stereocenters. The first-order valence-electron chi connectivity index (χ1n) is 7.64. The molecule has 25 heavy (non-hydrogen) atoms. The van der Waals surface area contributed by atoms with E-state index in [9.17, 15) is 13.2 Å². The van der Waals surface area contributed by atoms with Crippen LogP contribution < -0.4 is 10.4 Å². The van der Waals surface area contributed by atoms with Gasteiger partial charge in [0.25, 0.3) is 5.91 Å². The molecule has 0 aliphatic carbocycles. The standard InChI is InChI=1S/C15H18N4O4S2/c1-11-3-5-12(6-4-11)25(22,23)19-8-2-7-18(10-19)15-16-9-13(24-15)14(20)17-21/h3-6,9,21H,2,7-8,10H2,1H3,(H,17,20). The highest BCUT2D eigenvalue weighted by atomic mass is 32.2. The Morgan fingerprint density at radius 2 is 2.00 bits per heavy atom. The van der Waals surface area contributed by atoms with Gasteiger partial charge >= 0.3 is 0 Å². The van der Waals surface area contributed by atoms with Crippen molar-refractivity contribution in [2.45, 2.75) is 18.2 Å². The molecule has 10 heteroatoms. The van der Waals surface area contributed by atoms with E-state index in [1.54, 1.807) is 29.7 Å². The van der Waals surface area contributed by atoms with Crippen LogP contribution in [0.2, 0.25) is 0 Å². The zero-order chi connectivity index (χ0) is 18.0. The second-order valence-corrected chi connectivity index (χ2v) is 8.65. The summed E-state index contributed by atoms with van der Waals surface area (Å²) in [6.07, 6.45) is 2.02. The van der Waals surface area contributed by atoms with Crippen molar-refractivity contribution in [2.24, 2.45) is 0 Å². The predicted molar refractivity (Wildman–Crippen MR) is 93.3 cm³/mol. The average Bonchev–Trinajstić information content (AvgIpc) is 3.12. The smallest absolute Gasteiger partial charge is 0.286 e. The van der Waals surface area contributed by atoms with Gasteiger partial charge in [0.1, 0.15) is 4.88 Å². The Morgan fingerprint density at radius 3 is 2.68 bits per heavy atom. The summed E-state index contributed by atoms with van der Waals surface area (Å²) in [7, 11) is -3.58. The molecule has 1 fully saturated rings. The highest BCUT2D eigenvalue weighted by molar-refractivity contribution is 7.89. The van der Waals surface area contributed by atoms with E-state index in [0.29, 0.717) is 24.6 Å². The first-order chi connectivity index (χ1) is 11.9. The Bertz CT molecular complexity index is 864. The first kappa shape index (κ1) is 17.8. The summed E-state index contributed by atoms with van der Waals surface area (Å²) in [5.74, 6) is -0.634. The fourth-order valence-electron chi connectivity index (χ4n) is 2.55. The van der Waals surface area contributed by atoms with E-state index in [0.717, 1.165) is 16.9 Å². The highest BCUT2D eigenvalue weighted by Crippen LogP contribution is 2.27. The van der Waals surface area contributed by atoms with Gasteiger partial charge in [0, 0.05) is 13.1 Å². The van der Waals surface area contributed by atoms with Crippen molar-refractivity contribution in [3.63, 3.8) is 0 Å². The maximum Gasteiger partial charge on any atom is 0.286 e. The Labute approximate surface area is 149 Å². The molecule has 1 saturated heterocycles. The molecular formula is C15H18N4O4S2. The minimum absolute atomic E-state index is 0.171. The molecule has 3 rings (SSSR count). The summed E-state index contributed by atoms with van der Waals surface area (Å²) in [4.78, 5) is 17.9. The third-order valence-corrected chi connectivity index (χ3v) is 6.81. The van der Waals surface area contributed by atoms with E-state index in [1.165, 1.54) is 10.5 Å². The molecule has 1 aromatic carbocycles. The van der Waals surface area contributed by atoms with E-state index in [-0.39, 0.29) is 16.4 Å². The number of hydroxylamine groups is 1. The zero-order valence-electron chi connectivity index (χ0n) is 13.5. The van der Waals surface area contributed by atoms with Crippen LogP contribution in [0.1, 0.15) is 21.7 Å². The van der Waals surface area contributed by atoms with Gasteiger partial charge in [-0.2, -0.15) is 4.31 Å². The molecular weight excluding hydrogens is 364 g/mol. The molecule has 0 spiro atoms. The van der Waals surface area contributed by atoms with E-state index in [1.807, 2.05) is 11.8 Å². The monoisotopic (exact) mass is 382 g/mol. The largest absolute Gasteiger partial charge is 0.334 e. The number of aryl methyl sites for hydroxylation is 1. The average molecular weight is 382 g/mol. The van der Waals surface area contributed by atoms with Gasteiger partial charge < -0.3 is 4.90 Å². The fraction of sp³-hybridized carbons (Fsp3) is 0.333. The van der Waals surface area contributed by atoms with Crippen molar-refractivity contribution in [2.75, 3.05) is 24.7 Å². The molecule has 134 valence electrons. The number of amides is 1. The van der Waals surface area contributed by atoms with Gasteiger partial charge in [0.05, 0.1) is 17.8 Å². The first-order valence-corrected chi connectivity index (χ1v) is 9.89. The quantitative estimate of drug-likeness (QED) is 0.613. The number of hydrogen-bond donors (Lipinski definition) is 2. The molecule has 2 heterocycles. The van der Waals surface area contributed by atoms with E-state index in [2.05, 4.69) is 4.98 Å². The van der Waals surface area contributed by atoms with Crippen molar-refractivity contribution < 1.29 is 18.4 Å². The SMILES string of the molecule is Cc1ccc(S(=O)(=O)N2CCCN(c3ncc(C(=O)NO)s3)C2)cc1. The molecule has 1 amide bonds. The van der Waals surface area contributed by atoms with Crippen LogP contribution in [0.5, 0.6) is 0 Å². The zero-order valence-corrected chi connectivity index (χ0v) is 15.2. The Kier molecular flexibility index (Phi) is 5.04. The molecule has 2 aromatic rings. The number of hydrogen-bond acceptors (Lipinski definition) is 7. The number of rotatable bonds is 4. The maximum atomic E-state index is 12.8. The lowest BCUT2D eigenvalue weighted by molar-refractivity contribution is 0.0710. The van der Waals surface area contributed by atoms with Crippen LogP contribution in [0.4, 0.5) is 5.13 Å². The van der Waals surface area contributed by atoms with Crippen LogP contribution in [-0.4, -0.2) is 48.6 Å². The van der Waals surface area contributed by atoms with Gasteiger partial charge in [-0.1, -0.05) is 29.0 Å². The lowest BCUT2D eigenvalue weighted by atomic mass is 10.2. The van der Waals surface area contributed by atoms with Crippen molar-refractivity contribution in [1.82, 2.24) is 14.8 Å². The van der Waals surface area contributed by atoms with Crippen LogP contribution >= 0.6 is 11.3 Å². The third-order valence-electron chi connectivity index (χ3n) is 3.91. The summed E-state index contributed by atoms with van der Waals surface area (Å²) in [6.45, 7) is 3.15. The van der Waals surface area contributed by atoms with E-state index < -0.39 is 15.9 Å². The van der Waals surface area contributed by atoms with Gasteiger partial charge in [-0.05, 0) is 25.5 Å². The van der Waals surface area contributed by atoms with E-state index in [4.69, 9.17) is 5.21 Å². The highest BCUT2D eigenvalue weighted by Gasteiger charge is 2.30. The Hall–Kier alpha value is -2.01. The molecule has 1 aliphatic heterocycles. The number of anilines is 1. The number of benzene rings is 1. The van der Waals surface area contributed by atoms with Crippen LogP contribution in [0.15, 0.2) is 35.4 Å². The number of thiazole rings is 1. The number of aromatic nitrogens is 1. The molecule has 1 aromatic heterocycles. The summed E-state index contributed by atoms with van der Waals surface area (Å²) in [5.41, 5.74) is 2.56. The van der Waals surface area contributed by atoms with Crippen molar-refractivity contribution in [1.29, 1.82) is 0 Å².